The summed E-state index contributed by atoms with van der Waals surface area (Å²) in [6, 6.07) is 45.3. The average molecular weight is 460 g/mol. The summed E-state index contributed by atoms with van der Waals surface area (Å²) < 4.78 is 2.33. The van der Waals surface area contributed by atoms with E-state index in [1.54, 1.807) is 0 Å². The highest BCUT2D eigenvalue weighted by Gasteiger charge is 2.29. The van der Waals surface area contributed by atoms with Crippen molar-refractivity contribution in [2.75, 3.05) is 4.90 Å². The lowest BCUT2D eigenvalue weighted by atomic mass is 10.00. The van der Waals surface area contributed by atoms with E-state index in [4.69, 9.17) is 4.98 Å². The van der Waals surface area contributed by atoms with E-state index in [-0.39, 0.29) is 0 Å². The topological polar surface area (TPSA) is 21.1 Å². The molecule has 3 nitrogen and oxygen atoms in total. The van der Waals surface area contributed by atoms with Gasteiger partial charge >= 0.3 is 0 Å². The van der Waals surface area contributed by atoms with Crippen molar-refractivity contribution < 1.29 is 0 Å². The van der Waals surface area contributed by atoms with Gasteiger partial charge in [0.05, 0.1) is 28.1 Å². The Hall–Kier alpha value is -4.89. The number of fused-ring (bicyclic) bond motifs is 5. The van der Waals surface area contributed by atoms with E-state index in [9.17, 15) is 0 Å². The Labute approximate surface area is 208 Å². The van der Waals surface area contributed by atoms with Gasteiger partial charge in [0.15, 0.2) is 0 Å². The van der Waals surface area contributed by atoms with Crippen molar-refractivity contribution in [1.82, 2.24) is 9.55 Å². The van der Waals surface area contributed by atoms with Crippen LogP contribution in [0.2, 0.25) is 0 Å². The molecule has 7 aromatic rings. The SMILES string of the molecule is c1ccc(N2c3ccccc3-n3c(-c4ccc5c(ccc6ccccc65)c4)nc4cccc2c43)cc1. The molecule has 2 heterocycles. The summed E-state index contributed by atoms with van der Waals surface area (Å²) in [4.78, 5) is 7.53. The van der Waals surface area contributed by atoms with Gasteiger partial charge in [0.1, 0.15) is 5.82 Å². The first-order chi connectivity index (χ1) is 17.9. The second kappa shape index (κ2) is 7.30. The minimum atomic E-state index is 0.965. The summed E-state index contributed by atoms with van der Waals surface area (Å²) in [5.41, 5.74) is 7.81. The minimum Gasteiger partial charge on any atom is -0.306 e. The van der Waals surface area contributed by atoms with Crippen LogP contribution in [0.5, 0.6) is 0 Å². The van der Waals surface area contributed by atoms with Gasteiger partial charge in [-0.2, -0.15) is 0 Å². The highest BCUT2D eigenvalue weighted by molar-refractivity contribution is 6.09. The first kappa shape index (κ1) is 19.4. The molecule has 1 aromatic heterocycles. The first-order valence-electron chi connectivity index (χ1n) is 12.2. The number of hydrogen-bond donors (Lipinski definition) is 0. The molecule has 168 valence electrons. The van der Waals surface area contributed by atoms with E-state index in [1.807, 2.05) is 0 Å². The van der Waals surface area contributed by atoms with Crippen molar-refractivity contribution >= 4 is 49.6 Å². The summed E-state index contributed by atoms with van der Waals surface area (Å²) in [7, 11) is 0. The molecule has 0 spiro atoms. The van der Waals surface area contributed by atoms with Gasteiger partial charge in [0.25, 0.3) is 0 Å². The van der Waals surface area contributed by atoms with Crippen LogP contribution in [0, 0.1) is 0 Å². The largest absolute Gasteiger partial charge is 0.306 e. The Kier molecular flexibility index (Phi) is 3.94. The number of para-hydroxylation sites is 4. The van der Waals surface area contributed by atoms with Crippen LogP contribution in [0.4, 0.5) is 17.1 Å². The fraction of sp³-hybridized carbons (Fsp3) is 0. The smallest absolute Gasteiger partial charge is 0.145 e. The van der Waals surface area contributed by atoms with Crippen LogP contribution in [0.25, 0.3) is 49.7 Å². The summed E-state index contributed by atoms with van der Waals surface area (Å²) in [5.74, 6) is 0.965. The Morgan fingerprint density at radius 2 is 1.22 bits per heavy atom. The molecule has 36 heavy (non-hydrogen) atoms. The standard InChI is InChI=1S/C33H21N3/c1-2-10-25(11-3-1)35-29-14-6-7-15-30(29)36-32-28(13-8-16-31(32)35)34-33(36)24-19-20-27-23(21-24)18-17-22-9-4-5-12-26(22)27/h1-21H. The third kappa shape index (κ3) is 2.65. The number of nitrogens with zero attached hydrogens (tertiary/aromatic N) is 3. The van der Waals surface area contributed by atoms with Crippen LogP contribution in [0.15, 0.2) is 127 Å². The molecule has 0 atom stereocenters. The lowest BCUT2D eigenvalue weighted by molar-refractivity contribution is 1.06. The van der Waals surface area contributed by atoms with Gasteiger partial charge in [-0.25, -0.2) is 4.98 Å². The van der Waals surface area contributed by atoms with Gasteiger partial charge in [0, 0.05) is 11.3 Å². The summed E-state index contributed by atoms with van der Waals surface area (Å²) in [6.07, 6.45) is 0. The van der Waals surface area contributed by atoms with Gasteiger partial charge in [-0.1, -0.05) is 84.9 Å². The van der Waals surface area contributed by atoms with E-state index in [0.29, 0.717) is 0 Å². The van der Waals surface area contributed by atoms with Crippen LogP contribution < -0.4 is 4.90 Å². The van der Waals surface area contributed by atoms with Crippen molar-refractivity contribution in [3.05, 3.63) is 127 Å². The molecule has 0 N–H and O–H groups in total. The van der Waals surface area contributed by atoms with Crippen LogP contribution in [-0.2, 0) is 0 Å². The van der Waals surface area contributed by atoms with Crippen LogP contribution in [-0.4, -0.2) is 9.55 Å². The second-order valence-electron chi connectivity index (χ2n) is 9.30. The van der Waals surface area contributed by atoms with Gasteiger partial charge in [-0.3, -0.25) is 4.57 Å². The average Bonchev–Trinajstić information content (AvgIpc) is 3.34. The van der Waals surface area contributed by atoms with E-state index in [1.165, 1.54) is 21.5 Å². The van der Waals surface area contributed by atoms with Crippen LogP contribution in [0.3, 0.4) is 0 Å². The third-order valence-electron chi connectivity index (χ3n) is 7.28. The van der Waals surface area contributed by atoms with Gasteiger partial charge in [-0.15, -0.1) is 0 Å². The van der Waals surface area contributed by atoms with Gasteiger partial charge in [0.2, 0.25) is 0 Å². The van der Waals surface area contributed by atoms with Crippen molar-refractivity contribution in [1.29, 1.82) is 0 Å². The summed E-state index contributed by atoms with van der Waals surface area (Å²) in [6.45, 7) is 0. The summed E-state index contributed by atoms with van der Waals surface area (Å²) >= 11 is 0. The molecule has 0 amide bonds. The highest BCUT2D eigenvalue weighted by Crippen LogP contribution is 2.48. The predicted octanol–water partition coefficient (Wildman–Crippen LogP) is 8.78. The zero-order chi connectivity index (χ0) is 23.6. The van der Waals surface area contributed by atoms with E-state index in [0.717, 1.165) is 45.2 Å². The molecule has 1 aliphatic rings. The molecule has 1 aliphatic heterocycles. The number of aromatic nitrogens is 2. The van der Waals surface area contributed by atoms with Crippen molar-refractivity contribution in [2.24, 2.45) is 0 Å². The number of imidazole rings is 1. The number of benzene rings is 6. The quantitative estimate of drug-likeness (QED) is 0.241. The molecule has 0 bridgehead atoms. The maximum absolute atomic E-state index is 5.19. The highest BCUT2D eigenvalue weighted by atomic mass is 15.2. The number of hydrogen-bond acceptors (Lipinski definition) is 2. The van der Waals surface area contributed by atoms with Crippen molar-refractivity contribution in [2.45, 2.75) is 0 Å². The fourth-order valence-corrected chi connectivity index (χ4v) is 5.70. The van der Waals surface area contributed by atoms with Crippen molar-refractivity contribution in [3.8, 4) is 17.1 Å². The second-order valence-corrected chi connectivity index (χ2v) is 9.30. The predicted molar refractivity (Wildman–Crippen MR) is 150 cm³/mol. The molecular formula is C33H21N3. The van der Waals surface area contributed by atoms with E-state index < -0.39 is 0 Å². The molecule has 3 heteroatoms. The zero-order valence-electron chi connectivity index (χ0n) is 19.5. The molecule has 6 aromatic carbocycles. The number of rotatable bonds is 2. The maximum Gasteiger partial charge on any atom is 0.145 e. The minimum absolute atomic E-state index is 0.965. The molecule has 0 aliphatic carbocycles. The number of anilines is 3. The first-order valence-corrected chi connectivity index (χ1v) is 12.2. The molecule has 0 saturated heterocycles. The monoisotopic (exact) mass is 459 g/mol. The Morgan fingerprint density at radius 3 is 2.14 bits per heavy atom. The molecular weight excluding hydrogens is 438 g/mol. The molecule has 0 unspecified atom stereocenters. The van der Waals surface area contributed by atoms with E-state index >= 15 is 0 Å². The Bertz CT molecular complexity index is 1950. The third-order valence-corrected chi connectivity index (χ3v) is 7.28. The van der Waals surface area contributed by atoms with Gasteiger partial charge < -0.3 is 4.90 Å². The normalized spacial score (nSPS) is 12.4. The molecule has 8 rings (SSSR count). The maximum atomic E-state index is 5.19. The summed E-state index contributed by atoms with van der Waals surface area (Å²) in [5, 5.41) is 5.03. The lowest BCUT2D eigenvalue weighted by Gasteiger charge is -2.32. The van der Waals surface area contributed by atoms with Crippen molar-refractivity contribution in [3.63, 3.8) is 0 Å². The Balaban J connectivity index is 1.42. The fourth-order valence-electron chi connectivity index (χ4n) is 5.70. The lowest BCUT2D eigenvalue weighted by Crippen LogP contribution is -2.18. The van der Waals surface area contributed by atoms with Crippen LogP contribution >= 0.6 is 0 Å². The molecule has 0 fully saturated rings. The Morgan fingerprint density at radius 1 is 0.500 bits per heavy atom. The van der Waals surface area contributed by atoms with Crippen LogP contribution in [0.1, 0.15) is 0 Å². The van der Waals surface area contributed by atoms with E-state index in [2.05, 4.69) is 137 Å². The molecule has 0 radical (unpaired) electrons. The molecule has 0 saturated carbocycles. The zero-order valence-corrected chi connectivity index (χ0v) is 19.5. The van der Waals surface area contributed by atoms with Gasteiger partial charge in [-0.05, 0) is 64.0 Å².